The largest absolute Gasteiger partial charge is 0.504 e. The zero-order chi connectivity index (χ0) is 23.8. The highest BCUT2D eigenvalue weighted by molar-refractivity contribution is 9.12. The van der Waals surface area contributed by atoms with Crippen LogP contribution in [-0.2, 0) is 19.2 Å². The first-order valence-corrected chi connectivity index (χ1v) is 12.0. The van der Waals surface area contributed by atoms with Crippen LogP contribution in [0, 0.1) is 17.8 Å². The summed E-state index contributed by atoms with van der Waals surface area (Å²) in [5, 5.41) is 11.0. The average molecular weight is 577 g/mol. The molecule has 1 fully saturated rings. The Hall–Kier alpha value is -2.52. The van der Waals surface area contributed by atoms with E-state index >= 15 is 0 Å². The minimum absolute atomic E-state index is 0.138. The molecule has 1 aromatic rings. The molecule has 0 aromatic heterocycles. The van der Waals surface area contributed by atoms with E-state index in [2.05, 4.69) is 31.9 Å². The molecular weight excluding hydrogens is 558 g/mol. The maximum atomic E-state index is 13.2. The number of hydrogen-bond acceptors (Lipinski definition) is 6. The Labute approximate surface area is 206 Å². The van der Waals surface area contributed by atoms with E-state index in [1.807, 2.05) is 6.08 Å². The van der Waals surface area contributed by atoms with E-state index in [4.69, 9.17) is 4.74 Å². The van der Waals surface area contributed by atoms with Crippen molar-refractivity contribution in [2.75, 3.05) is 14.2 Å². The first kappa shape index (κ1) is 22.3. The zero-order valence-electron chi connectivity index (χ0n) is 17.7. The molecule has 4 aliphatic rings. The second kappa shape index (κ2) is 7.77. The molecule has 1 saturated heterocycles. The van der Waals surface area contributed by atoms with Crippen LogP contribution in [0.15, 0.2) is 50.0 Å². The van der Waals surface area contributed by atoms with Gasteiger partial charge in [-0.05, 0) is 46.8 Å². The molecule has 9 heteroatoms. The molecule has 0 saturated carbocycles. The van der Waals surface area contributed by atoms with Crippen LogP contribution in [0.5, 0.6) is 11.5 Å². The van der Waals surface area contributed by atoms with Gasteiger partial charge in [-0.15, -0.1) is 0 Å². The third-order valence-corrected chi connectivity index (χ3v) is 8.20. The van der Waals surface area contributed by atoms with Crippen molar-refractivity contribution in [1.82, 2.24) is 4.90 Å². The van der Waals surface area contributed by atoms with Crippen molar-refractivity contribution >= 4 is 55.2 Å². The molecule has 1 aliphatic heterocycles. The molecule has 0 bridgehead atoms. The lowest BCUT2D eigenvalue weighted by Gasteiger charge is -2.42. The summed E-state index contributed by atoms with van der Waals surface area (Å²) in [6, 6.07) is 3.31. The van der Waals surface area contributed by atoms with E-state index in [0.29, 0.717) is 27.6 Å². The molecule has 0 unspecified atom stereocenters. The van der Waals surface area contributed by atoms with Crippen molar-refractivity contribution in [2.45, 2.75) is 18.8 Å². The Kier molecular flexibility index (Phi) is 5.25. The normalized spacial score (nSPS) is 28.9. The standard InChI is InChI=1S/C24H19Br2NO6/c1-27-23(31)11-4-3-10-12(19(11)24(27)32)7-14-20(16(28)8-15(26)21(14)29)18(10)13-5-9(25)6-17(33-2)22(13)30/h3,5-6,8,11-12,18-19,30H,4,7H2,1-2H3/t11-,12+,18+,19-/m0/s1. The maximum absolute atomic E-state index is 13.2. The summed E-state index contributed by atoms with van der Waals surface area (Å²) < 4.78 is 6.10. The molecular formula is C24H19Br2NO6. The van der Waals surface area contributed by atoms with Crippen molar-refractivity contribution in [2.24, 2.45) is 17.8 Å². The summed E-state index contributed by atoms with van der Waals surface area (Å²) in [5.41, 5.74) is 1.79. The predicted octanol–water partition coefficient (Wildman–Crippen LogP) is 3.56. The second-order valence-electron chi connectivity index (χ2n) is 8.67. The number of carbonyl (C=O) groups is 4. The van der Waals surface area contributed by atoms with Crippen LogP contribution >= 0.6 is 31.9 Å². The van der Waals surface area contributed by atoms with Crippen LogP contribution < -0.4 is 4.74 Å². The molecule has 1 aromatic carbocycles. The fourth-order valence-electron chi connectivity index (χ4n) is 5.69. The number of halogens is 2. The molecule has 4 atom stereocenters. The molecule has 1 heterocycles. The van der Waals surface area contributed by atoms with Crippen molar-refractivity contribution < 1.29 is 29.0 Å². The predicted molar refractivity (Wildman–Crippen MR) is 125 cm³/mol. The van der Waals surface area contributed by atoms with Gasteiger partial charge in [0, 0.05) is 40.2 Å². The molecule has 2 amide bonds. The van der Waals surface area contributed by atoms with E-state index < -0.39 is 23.7 Å². The number of benzene rings is 1. The van der Waals surface area contributed by atoms with E-state index in [1.54, 1.807) is 12.1 Å². The average Bonchev–Trinajstić information content (AvgIpc) is 3.01. The van der Waals surface area contributed by atoms with Gasteiger partial charge in [0.2, 0.25) is 11.8 Å². The number of Topliss-reactive ketones (excluding diaryl/α,β-unsaturated/α-hetero) is 1. The Morgan fingerprint density at radius 3 is 2.52 bits per heavy atom. The molecule has 7 nitrogen and oxygen atoms in total. The number of ketones is 2. The molecule has 0 spiro atoms. The van der Waals surface area contributed by atoms with Crippen LogP contribution in [0.4, 0.5) is 0 Å². The van der Waals surface area contributed by atoms with Gasteiger partial charge in [0.25, 0.3) is 0 Å². The van der Waals surface area contributed by atoms with Crippen LogP contribution in [0.1, 0.15) is 24.3 Å². The third-order valence-electron chi connectivity index (χ3n) is 7.15. The maximum Gasteiger partial charge on any atom is 0.233 e. The van der Waals surface area contributed by atoms with Gasteiger partial charge in [0.15, 0.2) is 23.1 Å². The number of phenols is 1. The lowest BCUT2D eigenvalue weighted by molar-refractivity contribution is -0.138. The number of imide groups is 1. The number of ether oxygens (including phenoxy) is 1. The minimum atomic E-state index is -0.742. The summed E-state index contributed by atoms with van der Waals surface area (Å²) in [7, 11) is 2.91. The second-order valence-corrected chi connectivity index (χ2v) is 10.4. The van der Waals surface area contributed by atoms with Gasteiger partial charge in [-0.2, -0.15) is 0 Å². The van der Waals surface area contributed by atoms with Gasteiger partial charge in [-0.25, -0.2) is 0 Å². The lowest BCUT2D eigenvalue weighted by atomic mass is 9.59. The first-order chi connectivity index (χ1) is 15.6. The number of phenolic OH excluding ortho intramolecular Hbond substituents is 1. The van der Waals surface area contributed by atoms with Crippen LogP contribution in [0.3, 0.4) is 0 Å². The Bertz CT molecular complexity index is 1260. The van der Waals surface area contributed by atoms with Gasteiger partial charge in [0.1, 0.15) is 0 Å². The van der Waals surface area contributed by atoms with Crippen molar-refractivity contribution in [3.8, 4) is 11.5 Å². The van der Waals surface area contributed by atoms with Gasteiger partial charge in [-0.1, -0.05) is 27.6 Å². The molecule has 0 radical (unpaired) electrons. The quantitative estimate of drug-likeness (QED) is 0.328. The summed E-state index contributed by atoms with van der Waals surface area (Å²) >= 11 is 6.63. The highest BCUT2D eigenvalue weighted by atomic mass is 79.9. The third kappa shape index (κ3) is 3.12. The van der Waals surface area contributed by atoms with Crippen LogP contribution in [0.25, 0.3) is 0 Å². The number of carbonyl (C=O) groups excluding carboxylic acids is 4. The topological polar surface area (TPSA) is 101 Å². The van der Waals surface area contributed by atoms with E-state index in [1.165, 1.54) is 20.2 Å². The van der Waals surface area contributed by atoms with Gasteiger partial charge in [0.05, 0.1) is 23.4 Å². The number of rotatable bonds is 2. The number of nitrogens with zero attached hydrogens (tertiary/aromatic N) is 1. The number of amides is 2. The lowest BCUT2D eigenvalue weighted by Crippen LogP contribution is -2.39. The van der Waals surface area contributed by atoms with Crippen LogP contribution in [0.2, 0.25) is 0 Å². The van der Waals surface area contributed by atoms with E-state index in [9.17, 15) is 24.3 Å². The number of fused-ring (bicyclic) bond motifs is 3. The Balaban J connectivity index is 1.76. The zero-order valence-corrected chi connectivity index (χ0v) is 20.9. The monoisotopic (exact) mass is 575 g/mol. The summed E-state index contributed by atoms with van der Waals surface area (Å²) in [4.78, 5) is 53.2. The summed E-state index contributed by atoms with van der Waals surface area (Å²) in [6.45, 7) is 0. The molecule has 3 aliphatic carbocycles. The first-order valence-electron chi connectivity index (χ1n) is 10.4. The SMILES string of the molecule is COc1cc(Br)cc([C@H]2C3=CC[C@@H]4C(=O)N(C)C(=O)[C@@H]4[C@@H]3CC3=C2C(=O)C=C(Br)C3=O)c1O. The van der Waals surface area contributed by atoms with Gasteiger partial charge >= 0.3 is 0 Å². The molecule has 33 heavy (non-hydrogen) atoms. The fraction of sp³-hybridized carbons (Fsp3) is 0.333. The highest BCUT2D eigenvalue weighted by Crippen LogP contribution is 2.57. The smallest absolute Gasteiger partial charge is 0.233 e. The van der Waals surface area contributed by atoms with Gasteiger partial charge < -0.3 is 9.84 Å². The van der Waals surface area contributed by atoms with E-state index in [0.717, 1.165) is 10.5 Å². The highest BCUT2D eigenvalue weighted by Gasteiger charge is 2.55. The minimum Gasteiger partial charge on any atom is -0.504 e. The fourth-order valence-corrected chi connectivity index (χ4v) is 6.59. The van der Waals surface area contributed by atoms with Crippen LogP contribution in [-0.4, -0.2) is 47.5 Å². The van der Waals surface area contributed by atoms with E-state index in [-0.39, 0.29) is 45.8 Å². The Morgan fingerprint density at radius 1 is 1.09 bits per heavy atom. The number of allylic oxidation sites excluding steroid dienone is 6. The number of likely N-dealkylation sites (tertiary alicyclic amines) is 1. The number of hydrogen-bond donors (Lipinski definition) is 1. The number of aromatic hydroxyl groups is 1. The molecule has 170 valence electrons. The Morgan fingerprint density at radius 2 is 1.82 bits per heavy atom. The molecule has 5 rings (SSSR count). The summed E-state index contributed by atoms with van der Waals surface area (Å²) in [6.07, 6.45) is 3.71. The van der Waals surface area contributed by atoms with Crippen molar-refractivity contribution in [3.05, 3.63) is 55.5 Å². The van der Waals surface area contributed by atoms with Crippen molar-refractivity contribution in [1.29, 1.82) is 0 Å². The van der Waals surface area contributed by atoms with Gasteiger partial charge in [-0.3, -0.25) is 24.1 Å². The molecule has 1 N–H and O–H groups in total. The van der Waals surface area contributed by atoms with Crippen molar-refractivity contribution in [3.63, 3.8) is 0 Å². The number of methoxy groups -OCH3 is 1. The summed E-state index contributed by atoms with van der Waals surface area (Å²) in [5.74, 6) is -3.34.